The molecule has 0 spiro atoms. The van der Waals surface area contributed by atoms with Crippen molar-refractivity contribution in [3.8, 4) is 11.5 Å². The molecule has 2 amide bonds. The highest BCUT2D eigenvalue weighted by molar-refractivity contribution is 6.05. The fourth-order valence-electron chi connectivity index (χ4n) is 2.75. The van der Waals surface area contributed by atoms with Gasteiger partial charge in [-0.3, -0.25) is 9.59 Å². The molecule has 3 rings (SSSR count). The third-order valence-corrected chi connectivity index (χ3v) is 4.28. The van der Waals surface area contributed by atoms with Crippen LogP contribution in [0.4, 0.5) is 11.4 Å². The van der Waals surface area contributed by atoms with Gasteiger partial charge >= 0.3 is 0 Å². The van der Waals surface area contributed by atoms with Crippen molar-refractivity contribution in [1.82, 2.24) is 0 Å². The summed E-state index contributed by atoms with van der Waals surface area (Å²) in [7, 11) is 0. The van der Waals surface area contributed by atoms with Crippen molar-refractivity contribution in [3.63, 3.8) is 0 Å². The van der Waals surface area contributed by atoms with Crippen molar-refractivity contribution in [2.24, 2.45) is 0 Å². The summed E-state index contributed by atoms with van der Waals surface area (Å²) in [6.07, 6.45) is -0.692. The van der Waals surface area contributed by atoms with Gasteiger partial charge in [0.1, 0.15) is 11.5 Å². The van der Waals surface area contributed by atoms with E-state index in [4.69, 9.17) is 9.47 Å². The number of hydrogen-bond donors (Lipinski definition) is 2. The molecule has 6 nitrogen and oxygen atoms in total. The fourth-order valence-corrected chi connectivity index (χ4v) is 2.75. The first-order valence-corrected chi connectivity index (χ1v) is 9.72. The lowest BCUT2D eigenvalue weighted by molar-refractivity contribution is -0.122. The minimum absolute atomic E-state index is 0.254. The maximum absolute atomic E-state index is 12.5. The lowest BCUT2D eigenvalue weighted by Crippen LogP contribution is -2.30. The molecule has 154 valence electrons. The Morgan fingerprint density at radius 3 is 2.23 bits per heavy atom. The van der Waals surface area contributed by atoms with Gasteiger partial charge in [-0.2, -0.15) is 0 Å². The van der Waals surface area contributed by atoms with Gasteiger partial charge in [-0.05, 0) is 62.4 Å². The van der Waals surface area contributed by atoms with Crippen molar-refractivity contribution in [2.45, 2.75) is 20.0 Å². The molecule has 6 heteroatoms. The molecule has 1 atom stereocenters. The molecule has 30 heavy (non-hydrogen) atoms. The molecule has 2 N–H and O–H groups in total. The Balaban J connectivity index is 1.59. The van der Waals surface area contributed by atoms with Gasteiger partial charge < -0.3 is 20.1 Å². The molecule has 3 aromatic rings. The van der Waals surface area contributed by atoms with Crippen molar-refractivity contribution in [1.29, 1.82) is 0 Å². The fraction of sp³-hybridized carbons (Fsp3) is 0.167. The Hall–Kier alpha value is -3.80. The van der Waals surface area contributed by atoms with Gasteiger partial charge in [-0.25, -0.2) is 0 Å². The standard InChI is InChI=1S/C24H24N2O4/c1-3-29-22-12-8-7-11-21(22)26-24(28)18-13-15-20(16-14-18)30-17(2)23(27)25-19-9-5-4-6-10-19/h4-17H,3H2,1-2H3,(H,25,27)(H,26,28)/t17-/m0/s1. The van der Waals surface area contributed by atoms with Gasteiger partial charge in [-0.15, -0.1) is 0 Å². The van der Waals surface area contributed by atoms with Crippen molar-refractivity contribution in [3.05, 3.63) is 84.4 Å². The number of nitrogens with one attached hydrogen (secondary N) is 2. The second-order valence-corrected chi connectivity index (χ2v) is 6.52. The number of benzene rings is 3. The molecule has 0 heterocycles. The molecule has 0 saturated carbocycles. The van der Waals surface area contributed by atoms with Crippen LogP contribution in [-0.4, -0.2) is 24.5 Å². The number of ether oxygens (including phenoxy) is 2. The molecule has 0 saturated heterocycles. The highest BCUT2D eigenvalue weighted by atomic mass is 16.5. The van der Waals surface area contributed by atoms with Crippen molar-refractivity contribution >= 4 is 23.2 Å². The van der Waals surface area contributed by atoms with Crippen LogP contribution in [0.25, 0.3) is 0 Å². The van der Waals surface area contributed by atoms with Gasteiger partial charge in [0, 0.05) is 11.3 Å². The van der Waals surface area contributed by atoms with Crippen LogP contribution in [0.2, 0.25) is 0 Å². The zero-order chi connectivity index (χ0) is 21.3. The van der Waals surface area contributed by atoms with Gasteiger partial charge in [0.05, 0.1) is 12.3 Å². The third kappa shape index (κ3) is 5.61. The second kappa shape index (κ2) is 10.1. The summed E-state index contributed by atoms with van der Waals surface area (Å²) in [5.41, 5.74) is 1.78. The number of amides is 2. The normalized spacial score (nSPS) is 11.3. The maximum Gasteiger partial charge on any atom is 0.265 e. The molecule has 0 bridgehead atoms. The summed E-state index contributed by atoms with van der Waals surface area (Å²) < 4.78 is 11.2. The number of hydrogen-bond acceptors (Lipinski definition) is 4. The monoisotopic (exact) mass is 404 g/mol. The minimum atomic E-state index is -0.692. The molecule has 3 aromatic carbocycles. The van der Waals surface area contributed by atoms with E-state index in [1.54, 1.807) is 43.3 Å². The lowest BCUT2D eigenvalue weighted by atomic mass is 10.2. The van der Waals surface area contributed by atoms with Crippen LogP contribution in [0.5, 0.6) is 11.5 Å². The van der Waals surface area contributed by atoms with Crippen molar-refractivity contribution in [2.75, 3.05) is 17.2 Å². The summed E-state index contributed by atoms with van der Waals surface area (Å²) in [6.45, 7) is 4.07. The van der Waals surface area contributed by atoms with Gasteiger partial charge in [0.25, 0.3) is 11.8 Å². The molecular formula is C24H24N2O4. The molecule has 0 fully saturated rings. The van der Waals surface area contributed by atoms with E-state index in [9.17, 15) is 9.59 Å². The predicted molar refractivity (Wildman–Crippen MR) is 117 cm³/mol. The van der Waals surface area contributed by atoms with E-state index in [-0.39, 0.29) is 11.8 Å². The molecule has 0 aliphatic heterocycles. The van der Waals surface area contributed by atoms with Crippen LogP contribution >= 0.6 is 0 Å². The maximum atomic E-state index is 12.5. The number of anilines is 2. The molecule has 0 aromatic heterocycles. The summed E-state index contributed by atoms with van der Waals surface area (Å²) in [6, 6.07) is 23.1. The van der Waals surface area contributed by atoms with E-state index in [0.29, 0.717) is 35.0 Å². The number of para-hydroxylation sites is 3. The van der Waals surface area contributed by atoms with Crippen LogP contribution in [0.15, 0.2) is 78.9 Å². The summed E-state index contributed by atoms with van der Waals surface area (Å²) in [5.74, 6) is 0.600. The van der Waals surface area contributed by atoms with Crippen LogP contribution in [-0.2, 0) is 4.79 Å². The van der Waals surface area contributed by atoms with E-state index >= 15 is 0 Å². The summed E-state index contributed by atoms with van der Waals surface area (Å²) in [4.78, 5) is 24.8. The molecule has 0 aliphatic carbocycles. The van der Waals surface area contributed by atoms with E-state index in [1.807, 2.05) is 49.4 Å². The lowest BCUT2D eigenvalue weighted by Gasteiger charge is -2.15. The van der Waals surface area contributed by atoms with Gasteiger partial charge in [-0.1, -0.05) is 30.3 Å². The molecule has 0 aliphatic rings. The number of carbonyl (C=O) groups is 2. The molecule has 0 radical (unpaired) electrons. The second-order valence-electron chi connectivity index (χ2n) is 6.52. The zero-order valence-corrected chi connectivity index (χ0v) is 16.9. The highest BCUT2D eigenvalue weighted by Gasteiger charge is 2.15. The first-order valence-electron chi connectivity index (χ1n) is 9.72. The topological polar surface area (TPSA) is 76.7 Å². The largest absolute Gasteiger partial charge is 0.492 e. The van der Waals surface area contributed by atoms with Crippen LogP contribution in [0, 0.1) is 0 Å². The average molecular weight is 404 g/mol. The number of rotatable bonds is 8. The zero-order valence-electron chi connectivity index (χ0n) is 16.9. The van der Waals surface area contributed by atoms with Crippen LogP contribution < -0.4 is 20.1 Å². The Morgan fingerprint density at radius 1 is 0.867 bits per heavy atom. The van der Waals surface area contributed by atoms with Crippen LogP contribution in [0.3, 0.4) is 0 Å². The summed E-state index contributed by atoms with van der Waals surface area (Å²) >= 11 is 0. The predicted octanol–water partition coefficient (Wildman–Crippen LogP) is 4.74. The average Bonchev–Trinajstić information content (AvgIpc) is 2.76. The Morgan fingerprint density at radius 2 is 1.53 bits per heavy atom. The number of carbonyl (C=O) groups excluding carboxylic acids is 2. The Kier molecular flexibility index (Phi) is 7.05. The minimum Gasteiger partial charge on any atom is -0.492 e. The molecular weight excluding hydrogens is 380 g/mol. The van der Waals surface area contributed by atoms with Gasteiger partial charge in [0.2, 0.25) is 0 Å². The quantitative estimate of drug-likeness (QED) is 0.568. The van der Waals surface area contributed by atoms with E-state index < -0.39 is 6.10 Å². The first-order chi connectivity index (χ1) is 14.6. The Labute approximate surface area is 175 Å². The first kappa shape index (κ1) is 20.9. The SMILES string of the molecule is CCOc1ccccc1NC(=O)c1ccc(O[C@@H](C)C(=O)Nc2ccccc2)cc1. The smallest absolute Gasteiger partial charge is 0.265 e. The van der Waals surface area contributed by atoms with E-state index in [0.717, 1.165) is 0 Å². The third-order valence-electron chi connectivity index (χ3n) is 4.28. The molecule has 0 unspecified atom stereocenters. The van der Waals surface area contributed by atoms with Crippen molar-refractivity contribution < 1.29 is 19.1 Å². The highest BCUT2D eigenvalue weighted by Crippen LogP contribution is 2.24. The Bertz CT molecular complexity index is 988. The van der Waals surface area contributed by atoms with Gasteiger partial charge in [0.15, 0.2) is 6.10 Å². The van der Waals surface area contributed by atoms with Crippen LogP contribution in [0.1, 0.15) is 24.2 Å². The van der Waals surface area contributed by atoms with E-state index in [1.165, 1.54) is 0 Å². The van der Waals surface area contributed by atoms with E-state index in [2.05, 4.69) is 10.6 Å². The summed E-state index contributed by atoms with van der Waals surface area (Å²) in [5, 5.41) is 5.64.